The lowest BCUT2D eigenvalue weighted by atomic mass is 9.85. The second kappa shape index (κ2) is 6.39. The molecule has 1 saturated heterocycles. The first-order valence-electron chi connectivity index (χ1n) is 9.05. The van der Waals surface area contributed by atoms with Crippen molar-refractivity contribution in [2.75, 3.05) is 13.1 Å². The third kappa shape index (κ3) is 2.72. The zero-order valence-corrected chi connectivity index (χ0v) is 15.4. The van der Waals surface area contributed by atoms with E-state index < -0.39 is 16.2 Å². The lowest BCUT2D eigenvalue weighted by Crippen LogP contribution is -2.58. The largest absolute Gasteiger partial charge is 0.528 e. The van der Waals surface area contributed by atoms with E-state index in [4.69, 9.17) is 9.47 Å². The van der Waals surface area contributed by atoms with Crippen molar-refractivity contribution in [3.63, 3.8) is 0 Å². The molecule has 0 unspecified atom stereocenters. The van der Waals surface area contributed by atoms with Gasteiger partial charge in [-0.2, -0.15) is 4.79 Å². The minimum atomic E-state index is -1.13. The zero-order chi connectivity index (χ0) is 19.9. The molecule has 0 saturated carbocycles. The molecular formula is C20H20N3O5+. The van der Waals surface area contributed by atoms with Crippen molar-refractivity contribution >= 4 is 12.1 Å². The van der Waals surface area contributed by atoms with Crippen LogP contribution in [0, 0.1) is 11.5 Å². The SMILES string of the molecule is CC(=O)OCc1ccc2c(c1)OC1(CC[N+](C#N)(C(=O)O)CC1)c1cccn1-2. The van der Waals surface area contributed by atoms with Gasteiger partial charge in [-0.15, -0.1) is 9.74 Å². The lowest BCUT2D eigenvalue weighted by molar-refractivity contribution is -0.801. The number of piperidine rings is 1. The number of carbonyl (C=O) groups is 2. The monoisotopic (exact) mass is 382 g/mol. The second-order valence-electron chi connectivity index (χ2n) is 7.24. The number of ether oxygens (including phenoxy) is 2. The first-order valence-corrected chi connectivity index (χ1v) is 9.05. The Morgan fingerprint density at radius 3 is 2.75 bits per heavy atom. The van der Waals surface area contributed by atoms with Crippen molar-refractivity contribution in [1.29, 1.82) is 5.26 Å². The highest BCUT2D eigenvalue weighted by molar-refractivity contribution is 5.66. The quantitative estimate of drug-likeness (QED) is 0.487. The number of aromatic nitrogens is 1. The number of quaternary nitrogens is 1. The number of fused-ring (bicyclic) bond motifs is 4. The Labute approximate surface area is 161 Å². The third-order valence-corrected chi connectivity index (χ3v) is 5.60. The van der Waals surface area contributed by atoms with Gasteiger partial charge in [0.25, 0.3) is 0 Å². The number of rotatable bonds is 2. The molecule has 4 rings (SSSR count). The van der Waals surface area contributed by atoms with Gasteiger partial charge in [0.2, 0.25) is 0 Å². The van der Waals surface area contributed by atoms with Crippen LogP contribution in [0.4, 0.5) is 4.79 Å². The first-order chi connectivity index (χ1) is 13.4. The summed E-state index contributed by atoms with van der Waals surface area (Å²) >= 11 is 0. The van der Waals surface area contributed by atoms with E-state index in [-0.39, 0.29) is 25.7 Å². The van der Waals surface area contributed by atoms with Crippen LogP contribution in [0.5, 0.6) is 5.75 Å². The number of carboxylic acid groups (broad SMARTS) is 1. The Morgan fingerprint density at radius 1 is 1.36 bits per heavy atom. The molecule has 8 heteroatoms. The molecule has 1 spiro atoms. The van der Waals surface area contributed by atoms with Crippen LogP contribution in [0.25, 0.3) is 5.69 Å². The van der Waals surface area contributed by atoms with Crippen LogP contribution in [-0.2, 0) is 21.7 Å². The first kappa shape index (κ1) is 18.1. The average molecular weight is 382 g/mol. The van der Waals surface area contributed by atoms with Crippen molar-refractivity contribution in [3.05, 3.63) is 47.8 Å². The van der Waals surface area contributed by atoms with Crippen molar-refractivity contribution in [3.8, 4) is 17.6 Å². The maximum Gasteiger partial charge on any atom is 0.528 e. The van der Waals surface area contributed by atoms with Crippen molar-refractivity contribution < 1.29 is 28.7 Å². The Hall–Kier alpha value is -3.31. The summed E-state index contributed by atoms with van der Waals surface area (Å²) in [4.78, 5) is 22.7. The summed E-state index contributed by atoms with van der Waals surface area (Å²) in [6.07, 6.45) is 3.57. The molecule has 1 N–H and O–H groups in total. The number of hydrogen-bond donors (Lipinski definition) is 1. The van der Waals surface area contributed by atoms with Crippen LogP contribution in [0.15, 0.2) is 36.5 Å². The van der Waals surface area contributed by atoms with Gasteiger partial charge in [-0.3, -0.25) is 4.79 Å². The molecule has 0 aliphatic carbocycles. The van der Waals surface area contributed by atoms with Crippen LogP contribution < -0.4 is 4.74 Å². The van der Waals surface area contributed by atoms with Crippen molar-refractivity contribution in [2.24, 2.45) is 0 Å². The summed E-state index contributed by atoms with van der Waals surface area (Å²) in [5.74, 6) is 0.301. The molecule has 0 atom stereocenters. The molecule has 1 amide bonds. The maximum atomic E-state index is 11.6. The minimum Gasteiger partial charge on any atom is -0.478 e. The number of amides is 1. The van der Waals surface area contributed by atoms with Gasteiger partial charge in [0, 0.05) is 26.0 Å². The predicted molar refractivity (Wildman–Crippen MR) is 96.4 cm³/mol. The van der Waals surface area contributed by atoms with E-state index in [0.29, 0.717) is 18.6 Å². The Morgan fingerprint density at radius 2 is 2.11 bits per heavy atom. The van der Waals surface area contributed by atoms with E-state index in [0.717, 1.165) is 16.9 Å². The number of likely N-dealkylation sites (tertiary alicyclic amines) is 1. The van der Waals surface area contributed by atoms with Crippen LogP contribution in [0.3, 0.4) is 0 Å². The smallest absolute Gasteiger partial charge is 0.478 e. The molecule has 144 valence electrons. The molecular weight excluding hydrogens is 362 g/mol. The van der Waals surface area contributed by atoms with Crippen LogP contribution in [-0.4, -0.2) is 39.3 Å². The molecule has 0 radical (unpaired) electrons. The summed E-state index contributed by atoms with van der Waals surface area (Å²) in [6, 6.07) is 9.56. The van der Waals surface area contributed by atoms with Crippen molar-refractivity contribution in [2.45, 2.75) is 32.0 Å². The average Bonchev–Trinajstić information content (AvgIpc) is 3.18. The highest BCUT2D eigenvalue weighted by Crippen LogP contribution is 2.46. The summed E-state index contributed by atoms with van der Waals surface area (Å²) in [5.41, 5.74) is 1.95. The molecule has 0 bridgehead atoms. The van der Waals surface area contributed by atoms with E-state index in [1.807, 2.05) is 47.3 Å². The molecule has 2 aliphatic heterocycles. The number of benzene rings is 1. The molecule has 1 fully saturated rings. The van der Waals surface area contributed by atoms with Gasteiger partial charge in [0.1, 0.15) is 25.4 Å². The van der Waals surface area contributed by atoms with Gasteiger partial charge in [-0.05, 0) is 29.8 Å². The highest BCUT2D eigenvalue weighted by atomic mass is 16.5. The minimum absolute atomic E-state index is 0.158. The molecule has 1 aromatic heterocycles. The van der Waals surface area contributed by atoms with Gasteiger partial charge in [-0.1, -0.05) is 6.07 Å². The highest BCUT2D eigenvalue weighted by Gasteiger charge is 2.53. The van der Waals surface area contributed by atoms with Gasteiger partial charge in [-0.25, -0.2) is 0 Å². The van der Waals surface area contributed by atoms with Crippen LogP contribution in [0.1, 0.15) is 31.0 Å². The summed E-state index contributed by atoms with van der Waals surface area (Å²) in [7, 11) is 0. The number of nitrogens with zero attached hydrogens (tertiary/aromatic N) is 3. The molecule has 3 heterocycles. The summed E-state index contributed by atoms with van der Waals surface area (Å²) in [5, 5.41) is 18.9. The van der Waals surface area contributed by atoms with E-state index in [1.165, 1.54) is 6.92 Å². The normalized spacial score (nSPS) is 25.1. The lowest BCUT2D eigenvalue weighted by Gasteiger charge is -2.44. The van der Waals surface area contributed by atoms with Gasteiger partial charge in [0.05, 0.1) is 11.4 Å². The fourth-order valence-electron chi connectivity index (χ4n) is 4.01. The van der Waals surface area contributed by atoms with Gasteiger partial charge < -0.3 is 19.1 Å². The Balaban J connectivity index is 1.69. The van der Waals surface area contributed by atoms with Gasteiger partial charge in [0.15, 0.2) is 5.60 Å². The molecule has 2 aromatic rings. The molecule has 8 nitrogen and oxygen atoms in total. The van der Waals surface area contributed by atoms with Gasteiger partial charge >= 0.3 is 18.3 Å². The summed E-state index contributed by atoms with van der Waals surface area (Å²) in [6.45, 7) is 1.85. The Kier molecular flexibility index (Phi) is 4.12. The van der Waals surface area contributed by atoms with E-state index >= 15 is 0 Å². The van der Waals surface area contributed by atoms with E-state index in [1.54, 1.807) is 0 Å². The molecule has 28 heavy (non-hydrogen) atoms. The predicted octanol–water partition coefficient (Wildman–Crippen LogP) is 2.90. The Bertz CT molecular complexity index is 996. The zero-order valence-electron chi connectivity index (χ0n) is 15.4. The fourth-order valence-corrected chi connectivity index (χ4v) is 4.01. The maximum absolute atomic E-state index is 11.6. The third-order valence-electron chi connectivity index (χ3n) is 5.60. The second-order valence-corrected chi connectivity index (χ2v) is 7.24. The number of carbonyl (C=O) groups excluding carboxylic acids is 1. The van der Waals surface area contributed by atoms with Crippen LogP contribution >= 0.6 is 0 Å². The topological polar surface area (TPSA) is 102 Å². The molecule has 1 aromatic carbocycles. The number of esters is 1. The van der Waals surface area contributed by atoms with E-state index in [2.05, 4.69) is 0 Å². The van der Waals surface area contributed by atoms with E-state index in [9.17, 15) is 20.0 Å². The fraction of sp³-hybridized carbons (Fsp3) is 0.350. The number of hydrogen-bond acceptors (Lipinski definition) is 5. The van der Waals surface area contributed by atoms with Crippen molar-refractivity contribution in [1.82, 2.24) is 4.57 Å². The number of nitriles is 1. The molecule has 2 aliphatic rings. The standard InChI is InChI=1S/C20H19N3O5/c1-14(24)27-12-15-4-5-16-17(11-15)28-20(18-3-2-8-22(16)18)6-9-23(13-21,10-7-20)19(25)26/h2-5,8,11H,6-7,9-10,12H2,1H3/p+1. The summed E-state index contributed by atoms with van der Waals surface area (Å²) < 4.78 is 12.9. The van der Waals surface area contributed by atoms with Crippen LogP contribution in [0.2, 0.25) is 0 Å².